The van der Waals surface area contributed by atoms with Crippen molar-refractivity contribution in [1.82, 2.24) is 5.32 Å². The summed E-state index contributed by atoms with van der Waals surface area (Å²) in [6.45, 7) is 2.12. The van der Waals surface area contributed by atoms with Gasteiger partial charge in [-0.15, -0.1) is 0 Å². The van der Waals surface area contributed by atoms with Crippen LogP contribution in [0.4, 0.5) is 8.78 Å². The summed E-state index contributed by atoms with van der Waals surface area (Å²) in [5.74, 6) is -1.05. The van der Waals surface area contributed by atoms with E-state index in [1.54, 1.807) is 7.05 Å². The second-order valence-electron chi connectivity index (χ2n) is 4.85. The van der Waals surface area contributed by atoms with E-state index in [1.165, 1.54) is 23.8 Å². The van der Waals surface area contributed by atoms with Crippen molar-refractivity contribution in [3.63, 3.8) is 0 Å². The van der Waals surface area contributed by atoms with Crippen LogP contribution in [0.3, 0.4) is 0 Å². The minimum absolute atomic E-state index is 0.0678. The van der Waals surface area contributed by atoms with Gasteiger partial charge in [0.25, 0.3) is 0 Å². The fourth-order valence-electron chi connectivity index (χ4n) is 2.43. The molecule has 0 aliphatic rings. The van der Waals surface area contributed by atoms with Gasteiger partial charge in [-0.3, -0.25) is 0 Å². The zero-order chi connectivity index (χ0) is 14.5. The van der Waals surface area contributed by atoms with Gasteiger partial charge in [-0.1, -0.05) is 43.7 Å². The Hall–Kier alpha value is -1.74. The predicted molar refractivity (Wildman–Crippen MR) is 77.7 cm³/mol. The van der Waals surface area contributed by atoms with Gasteiger partial charge in [0, 0.05) is 5.56 Å². The zero-order valence-corrected chi connectivity index (χ0v) is 11.8. The average molecular weight is 275 g/mol. The maximum Gasteiger partial charge on any atom is 0.131 e. The van der Waals surface area contributed by atoms with E-state index >= 15 is 0 Å². The van der Waals surface area contributed by atoms with Crippen LogP contribution in [0.5, 0.6) is 0 Å². The van der Waals surface area contributed by atoms with Gasteiger partial charge in [0.2, 0.25) is 0 Å². The second-order valence-corrected chi connectivity index (χ2v) is 4.85. The van der Waals surface area contributed by atoms with Crippen molar-refractivity contribution in [2.75, 3.05) is 7.05 Å². The molecule has 2 rings (SSSR count). The van der Waals surface area contributed by atoms with Gasteiger partial charge in [0.15, 0.2) is 0 Å². The molecule has 0 aliphatic carbocycles. The highest BCUT2D eigenvalue weighted by Crippen LogP contribution is 2.27. The Labute approximate surface area is 118 Å². The zero-order valence-electron chi connectivity index (χ0n) is 11.8. The number of benzene rings is 2. The monoisotopic (exact) mass is 275 g/mol. The SMILES string of the molecule is CCCc1ccc(C(NC)c2c(F)cccc2F)cc1. The molecule has 1 nitrogen and oxygen atoms in total. The molecular formula is C17H19F2N. The molecule has 2 aromatic rings. The van der Waals surface area contributed by atoms with Crippen LogP contribution < -0.4 is 5.32 Å². The van der Waals surface area contributed by atoms with E-state index in [-0.39, 0.29) is 5.56 Å². The lowest BCUT2D eigenvalue weighted by Crippen LogP contribution is -2.20. The molecule has 2 aromatic carbocycles. The third kappa shape index (κ3) is 3.05. The summed E-state index contributed by atoms with van der Waals surface area (Å²) in [6, 6.07) is 11.4. The third-order valence-corrected chi connectivity index (χ3v) is 3.43. The van der Waals surface area contributed by atoms with Crippen LogP contribution >= 0.6 is 0 Å². The second kappa shape index (κ2) is 6.62. The fourth-order valence-corrected chi connectivity index (χ4v) is 2.43. The first-order valence-electron chi connectivity index (χ1n) is 6.87. The largest absolute Gasteiger partial charge is 0.309 e. The molecule has 106 valence electrons. The third-order valence-electron chi connectivity index (χ3n) is 3.43. The Kier molecular flexibility index (Phi) is 4.85. The Bertz CT molecular complexity index is 543. The first kappa shape index (κ1) is 14.7. The number of halogens is 2. The van der Waals surface area contributed by atoms with E-state index in [4.69, 9.17) is 0 Å². The van der Waals surface area contributed by atoms with Gasteiger partial charge in [-0.2, -0.15) is 0 Å². The maximum atomic E-state index is 13.9. The standard InChI is InChI=1S/C17H19F2N/c1-3-5-12-8-10-13(11-9-12)17(20-2)16-14(18)6-4-7-15(16)19/h4,6-11,17,20H,3,5H2,1-2H3. The van der Waals surface area contributed by atoms with Crippen LogP contribution in [0.1, 0.15) is 36.1 Å². The minimum atomic E-state index is -0.526. The van der Waals surface area contributed by atoms with Crippen molar-refractivity contribution in [1.29, 1.82) is 0 Å². The van der Waals surface area contributed by atoms with Gasteiger partial charge in [0.05, 0.1) is 6.04 Å². The average Bonchev–Trinajstić information content (AvgIpc) is 2.45. The van der Waals surface area contributed by atoms with Crippen molar-refractivity contribution < 1.29 is 8.78 Å². The summed E-state index contributed by atoms with van der Waals surface area (Å²) in [6.07, 6.45) is 2.09. The summed E-state index contributed by atoms with van der Waals surface area (Å²) in [5, 5.41) is 2.99. The molecule has 1 unspecified atom stereocenters. The van der Waals surface area contributed by atoms with E-state index in [2.05, 4.69) is 12.2 Å². The van der Waals surface area contributed by atoms with Crippen LogP contribution in [0.2, 0.25) is 0 Å². The van der Waals surface area contributed by atoms with Gasteiger partial charge < -0.3 is 5.32 Å². The van der Waals surface area contributed by atoms with Crippen molar-refractivity contribution >= 4 is 0 Å². The molecule has 20 heavy (non-hydrogen) atoms. The van der Waals surface area contributed by atoms with Crippen LogP contribution in [-0.2, 0) is 6.42 Å². The summed E-state index contributed by atoms with van der Waals surface area (Å²) in [7, 11) is 1.70. The van der Waals surface area contributed by atoms with E-state index in [0.717, 1.165) is 18.4 Å². The lowest BCUT2D eigenvalue weighted by Gasteiger charge is -2.19. The molecule has 0 saturated carbocycles. The summed E-state index contributed by atoms with van der Waals surface area (Å²) in [4.78, 5) is 0. The number of rotatable bonds is 5. The quantitative estimate of drug-likeness (QED) is 0.861. The number of hydrogen-bond acceptors (Lipinski definition) is 1. The molecule has 0 radical (unpaired) electrons. The van der Waals surface area contributed by atoms with Crippen LogP contribution in [0.15, 0.2) is 42.5 Å². The van der Waals surface area contributed by atoms with Gasteiger partial charge >= 0.3 is 0 Å². The fraction of sp³-hybridized carbons (Fsp3) is 0.294. The molecule has 1 atom stereocenters. The van der Waals surface area contributed by atoms with Crippen LogP contribution in [0, 0.1) is 11.6 Å². The van der Waals surface area contributed by atoms with Crippen LogP contribution in [0.25, 0.3) is 0 Å². The Balaban J connectivity index is 2.37. The molecule has 0 amide bonds. The smallest absolute Gasteiger partial charge is 0.131 e. The molecule has 0 fully saturated rings. The Morgan fingerprint density at radius 1 is 1.00 bits per heavy atom. The summed E-state index contributed by atoms with van der Waals surface area (Å²) < 4.78 is 27.8. The van der Waals surface area contributed by atoms with E-state index in [9.17, 15) is 8.78 Å². The molecule has 0 aromatic heterocycles. The normalized spacial score (nSPS) is 12.4. The molecule has 0 bridgehead atoms. The Morgan fingerprint density at radius 2 is 1.60 bits per heavy atom. The highest BCUT2D eigenvalue weighted by Gasteiger charge is 2.20. The number of hydrogen-bond donors (Lipinski definition) is 1. The molecule has 0 heterocycles. The first-order valence-corrected chi connectivity index (χ1v) is 6.87. The molecule has 0 saturated heterocycles. The topological polar surface area (TPSA) is 12.0 Å². The lowest BCUT2D eigenvalue weighted by atomic mass is 9.96. The van der Waals surface area contributed by atoms with E-state index in [1.807, 2.05) is 24.3 Å². The number of aryl methyl sites for hydroxylation is 1. The van der Waals surface area contributed by atoms with Crippen molar-refractivity contribution in [2.24, 2.45) is 0 Å². The summed E-state index contributed by atoms with van der Waals surface area (Å²) >= 11 is 0. The van der Waals surface area contributed by atoms with Crippen molar-refractivity contribution in [3.8, 4) is 0 Å². The lowest BCUT2D eigenvalue weighted by molar-refractivity contribution is 0.522. The molecular weight excluding hydrogens is 256 g/mol. The maximum absolute atomic E-state index is 13.9. The van der Waals surface area contributed by atoms with E-state index < -0.39 is 17.7 Å². The molecule has 0 spiro atoms. The van der Waals surface area contributed by atoms with Gasteiger partial charge in [0.1, 0.15) is 11.6 Å². The molecule has 0 aliphatic heterocycles. The predicted octanol–water partition coefficient (Wildman–Crippen LogP) is 4.23. The van der Waals surface area contributed by atoms with Gasteiger partial charge in [-0.05, 0) is 36.7 Å². The first-order chi connectivity index (χ1) is 9.67. The molecule has 1 N–H and O–H groups in total. The Morgan fingerprint density at radius 3 is 2.10 bits per heavy atom. The van der Waals surface area contributed by atoms with E-state index in [0.29, 0.717) is 0 Å². The van der Waals surface area contributed by atoms with Crippen LogP contribution in [-0.4, -0.2) is 7.05 Å². The van der Waals surface area contributed by atoms with Crippen molar-refractivity contribution in [2.45, 2.75) is 25.8 Å². The van der Waals surface area contributed by atoms with Crippen molar-refractivity contribution in [3.05, 3.63) is 70.8 Å². The molecule has 3 heteroatoms. The highest BCUT2D eigenvalue weighted by molar-refractivity contribution is 5.35. The minimum Gasteiger partial charge on any atom is -0.309 e. The highest BCUT2D eigenvalue weighted by atomic mass is 19.1. The van der Waals surface area contributed by atoms with Gasteiger partial charge in [-0.25, -0.2) is 8.78 Å². The number of nitrogens with one attached hydrogen (secondary N) is 1. The summed E-state index contributed by atoms with van der Waals surface area (Å²) in [5.41, 5.74) is 2.16.